The van der Waals surface area contributed by atoms with Crippen LogP contribution in [0, 0.1) is 11.6 Å². The van der Waals surface area contributed by atoms with Crippen molar-refractivity contribution in [3.05, 3.63) is 42.0 Å². The van der Waals surface area contributed by atoms with Gasteiger partial charge in [-0.25, -0.2) is 4.39 Å². The van der Waals surface area contributed by atoms with Crippen LogP contribution in [0.1, 0.15) is 0 Å². The highest BCUT2D eigenvalue weighted by Crippen LogP contribution is 2.19. The fourth-order valence-electron chi connectivity index (χ4n) is 0.814. The fraction of sp³-hybridized carbons (Fsp3) is 0.200. The van der Waals surface area contributed by atoms with E-state index in [1.807, 2.05) is 0 Å². The maximum atomic E-state index is 13.0. The second-order valence-corrected chi connectivity index (χ2v) is 2.99. The van der Waals surface area contributed by atoms with Crippen LogP contribution < -0.4 is 4.74 Å². The van der Waals surface area contributed by atoms with Gasteiger partial charge in [0.25, 0.3) is 0 Å². The van der Waals surface area contributed by atoms with Gasteiger partial charge in [-0.05, 0) is 17.7 Å². The molecule has 0 saturated heterocycles. The van der Waals surface area contributed by atoms with Crippen LogP contribution in [0.5, 0.6) is 5.75 Å². The fourth-order valence-corrected chi connectivity index (χ4v) is 0.891. The first-order valence-electron chi connectivity index (χ1n) is 3.94. The van der Waals surface area contributed by atoms with Crippen molar-refractivity contribution < 1.29 is 13.5 Å². The molecule has 0 heterocycles. The van der Waals surface area contributed by atoms with E-state index < -0.39 is 11.6 Å². The lowest BCUT2D eigenvalue weighted by atomic mass is 10.3. The minimum atomic E-state index is -0.991. The van der Waals surface area contributed by atoms with Gasteiger partial charge in [-0.15, -0.1) is 11.6 Å². The molecule has 4 heteroatoms. The van der Waals surface area contributed by atoms with E-state index >= 15 is 0 Å². The van der Waals surface area contributed by atoms with Gasteiger partial charge in [0.05, 0.1) is 0 Å². The van der Waals surface area contributed by atoms with Crippen LogP contribution in [0.15, 0.2) is 30.4 Å². The number of benzene rings is 1. The van der Waals surface area contributed by atoms with Crippen LogP contribution in [-0.2, 0) is 0 Å². The third-order valence-electron chi connectivity index (χ3n) is 1.54. The van der Waals surface area contributed by atoms with Crippen LogP contribution in [0.2, 0.25) is 0 Å². The van der Waals surface area contributed by atoms with Gasteiger partial charge in [-0.2, -0.15) is 4.39 Å². The van der Waals surface area contributed by atoms with Crippen molar-refractivity contribution in [3.8, 4) is 5.75 Å². The molecule has 0 amide bonds. The summed E-state index contributed by atoms with van der Waals surface area (Å²) in [6.07, 6.45) is 0. The molecule has 0 atom stereocenters. The van der Waals surface area contributed by atoms with E-state index in [9.17, 15) is 8.78 Å². The molecule has 14 heavy (non-hydrogen) atoms. The Labute approximate surface area is 85.9 Å². The maximum Gasteiger partial charge on any atom is 0.200 e. The van der Waals surface area contributed by atoms with Crippen molar-refractivity contribution in [2.45, 2.75) is 0 Å². The Kier molecular flexibility index (Phi) is 3.89. The molecule has 1 rings (SSSR count). The molecular weight excluding hydrogens is 210 g/mol. The van der Waals surface area contributed by atoms with Crippen LogP contribution in [0.3, 0.4) is 0 Å². The van der Waals surface area contributed by atoms with Gasteiger partial charge < -0.3 is 4.74 Å². The second kappa shape index (κ2) is 4.96. The Morgan fingerprint density at radius 3 is 2.79 bits per heavy atom. The number of hydrogen-bond acceptors (Lipinski definition) is 1. The average Bonchev–Trinajstić information content (AvgIpc) is 2.20. The lowest BCUT2D eigenvalue weighted by molar-refractivity contribution is 0.324. The van der Waals surface area contributed by atoms with E-state index in [0.29, 0.717) is 5.57 Å². The summed E-state index contributed by atoms with van der Waals surface area (Å²) in [7, 11) is 0. The number of hydrogen-bond donors (Lipinski definition) is 0. The normalized spacial score (nSPS) is 9.93. The molecule has 0 bridgehead atoms. The van der Waals surface area contributed by atoms with Gasteiger partial charge in [0.15, 0.2) is 11.6 Å². The predicted molar refractivity (Wildman–Crippen MR) is 51.7 cm³/mol. The Morgan fingerprint density at radius 2 is 2.14 bits per heavy atom. The molecule has 1 aromatic carbocycles. The summed E-state index contributed by atoms with van der Waals surface area (Å²) < 4.78 is 30.6. The molecule has 0 unspecified atom stereocenters. The molecule has 76 valence electrons. The van der Waals surface area contributed by atoms with E-state index in [0.717, 1.165) is 6.07 Å². The standard InChI is InChI=1S/C10H9ClF2O/c1-7(5-11)6-14-9-4-2-3-8(12)10(9)13/h2-4H,1,5-6H2. The molecular formula is C10H9ClF2O. The van der Waals surface area contributed by atoms with Gasteiger partial charge >= 0.3 is 0 Å². The summed E-state index contributed by atoms with van der Waals surface area (Å²) in [5.74, 6) is -1.82. The smallest absolute Gasteiger partial charge is 0.200 e. The highest BCUT2D eigenvalue weighted by Gasteiger charge is 2.08. The highest BCUT2D eigenvalue weighted by atomic mass is 35.5. The zero-order valence-corrected chi connectivity index (χ0v) is 8.15. The molecule has 0 spiro atoms. The molecule has 0 aliphatic carbocycles. The quantitative estimate of drug-likeness (QED) is 0.557. The van der Waals surface area contributed by atoms with Crippen LogP contribution in [0.25, 0.3) is 0 Å². The molecule has 0 saturated carbocycles. The maximum absolute atomic E-state index is 13.0. The topological polar surface area (TPSA) is 9.23 Å². The Balaban J connectivity index is 2.68. The molecule has 0 aliphatic heterocycles. The highest BCUT2D eigenvalue weighted by molar-refractivity contribution is 6.19. The van der Waals surface area contributed by atoms with E-state index in [-0.39, 0.29) is 18.2 Å². The minimum Gasteiger partial charge on any atom is -0.486 e. The van der Waals surface area contributed by atoms with E-state index in [4.69, 9.17) is 16.3 Å². The number of halogens is 3. The van der Waals surface area contributed by atoms with Crippen molar-refractivity contribution in [2.24, 2.45) is 0 Å². The Bertz CT molecular complexity index is 339. The lowest BCUT2D eigenvalue weighted by Gasteiger charge is -2.07. The largest absolute Gasteiger partial charge is 0.486 e. The van der Waals surface area contributed by atoms with E-state index in [1.165, 1.54) is 12.1 Å². The molecule has 1 nitrogen and oxygen atoms in total. The third-order valence-corrected chi connectivity index (χ3v) is 1.91. The number of rotatable bonds is 4. The summed E-state index contributed by atoms with van der Waals surface area (Å²) in [5, 5.41) is 0. The summed E-state index contributed by atoms with van der Waals surface area (Å²) in [6.45, 7) is 3.65. The van der Waals surface area contributed by atoms with Gasteiger partial charge in [0.2, 0.25) is 5.82 Å². The first kappa shape index (κ1) is 11.0. The van der Waals surface area contributed by atoms with E-state index in [1.54, 1.807) is 0 Å². The Morgan fingerprint density at radius 1 is 1.43 bits per heavy atom. The minimum absolute atomic E-state index is 0.0872. The third kappa shape index (κ3) is 2.70. The molecule has 0 aliphatic rings. The lowest BCUT2D eigenvalue weighted by Crippen LogP contribution is -2.03. The summed E-state index contributed by atoms with van der Waals surface area (Å²) in [6, 6.07) is 3.75. The van der Waals surface area contributed by atoms with Crippen LogP contribution in [0.4, 0.5) is 8.78 Å². The van der Waals surface area contributed by atoms with Crippen molar-refractivity contribution in [1.82, 2.24) is 0 Å². The summed E-state index contributed by atoms with van der Waals surface area (Å²) in [5.41, 5.74) is 0.607. The monoisotopic (exact) mass is 218 g/mol. The van der Waals surface area contributed by atoms with Crippen molar-refractivity contribution in [3.63, 3.8) is 0 Å². The molecule has 0 radical (unpaired) electrons. The van der Waals surface area contributed by atoms with Crippen molar-refractivity contribution in [2.75, 3.05) is 12.5 Å². The van der Waals surface area contributed by atoms with Gasteiger partial charge in [-0.3, -0.25) is 0 Å². The van der Waals surface area contributed by atoms with Gasteiger partial charge in [0.1, 0.15) is 6.61 Å². The zero-order valence-electron chi connectivity index (χ0n) is 7.40. The average molecular weight is 219 g/mol. The summed E-state index contributed by atoms with van der Waals surface area (Å²) in [4.78, 5) is 0. The molecule has 0 fully saturated rings. The zero-order chi connectivity index (χ0) is 10.6. The number of alkyl halides is 1. The molecule has 1 aromatic rings. The van der Waals surface area contributed by atoms with Crippen LogP contribution >= 0.6 is 11.6 Å². The van der Waals surface area contributed by atoms with E-state index in [2.05, 4.69) is 6.58 Å². The van der Waals surface area contributed by atoms with Crippen LogP contribution in [-0.4, -0.2) is 12.5 Å². The summed E-state index contributed by atoms with van der Waals surface area (Å²) >= 11 is 5.44. The van der Waals surface area contributed by atoms with Crippen molar-refractivity contribution >= 4 is 11.6 Å². The first-order chi connectivity index (χ1) is 6.65. The van der Waals surface area contributed by atoms with Gasteiger partial charge in [0, 0.05) is 5.88 Å². The van der Waals surface area contributed by atoms with Gasteiger partial charge in [-0.1, -0.05) is 12.6 Å². The Hall–Kier alpha value is -1.09. The SMILES string of the molecule is C=C(CCl)COc1cccc(F)c1F. The predicted octanol–water partition coefficient (Wildman–Crippen LogP) is 3.14. The van der Waals surface area contributed by atoms with Crippen molar-refractivity contribution in [1.29, 1.82) is 0 Å². The number of ether oxygens (including phenoxy) is 1. The molecule has 0 aromatic heterocycles. The second-order valence-electron chi connectivity index (χ2n) is 2.72. The first-order valence-corrected chi connectivity index (χ1v) is 4.48. The molecule has 0 N–H and O–H groups in total.